The SMILES string of the molecule is CC(=O)c1ccc(C(=O)NC(CCO)c2ccccc2)cc1. The fourth-order valence-corrected chi connectivity index (χ4v) is 2.23. The Morgan fingerprint density at radius 3 is 2.14 bits per heavy atom. The number of ketones is 1. The molecule has 114 valence electrons. The number of aliphatic hydroxyl groups excluding tert-OH is 1. The molecule has 0 spiro atoms. The molecule has 0 radical (unpaired) electrons. The van der Waals surface area contributed by atoms with Gasteiger partial charge < -0.3 is 10.4 Å². The van der Waals surface area contributed by atoms with Crippen molar-refractivity contribution in [3.63, 3.8) is 0 Å². The maximum absolute atomic E-state index is 12.3. The van der Waals surface area contributed by atoms with Gasteiger partial charge in [0.25, 0.3) is 5.91 Å². The molecular formula is C18H19NO3. The molecule has 0 fully saturated rings. The van der Waals surface area contributed by atoms with E-state index in [2.05, 4.69) is 5.32 Å². The van der Waals surface area contributed by atoms with Crippen LogP contribution in [-0.2, 0) is 0 Å². The average Bonchev–Trinajstić information content (AvgIpc) is 2.55. The number of benzene rings is 2. The normalized spacial score (nSPS) is 11.7. The van der Waals surface area contributed by atoms with Gasteiger partial charge in [-0.25, -0.2) is 0 Å². The van der Waals surface area contributed by atoms with E-state index in [0.29, 0.717) is 17.5 Å². The van der Waals surface area contributed by atoms with E-state index in [-0.39, 0.29) is 24.3 Å². The number of hydrogen-bond acceptors (Lipinski definition) is 3. The Balaban J connectivity index is 2.12. The van der Waals surface area contributed by atoms with E-state index < -0.39 is 0 Å². The van der Waals surface area contributed by atoms with Crippen molar-refractivity contribution in [1.29, 1.82) is 0 Å². The summed E-state index contributed by atoms with van der Waals surface area (Å²) in [5.41, 5.74) is 2.01. The predicted molar refractivity (Wildman–Crippen MR) is 84.8 cm³/mol. The van der Waals surface area contributed by atoms with Crippen LogP contribution in [0.25, 0.3) is 0 Å². The highest BCUT2D eigenvalue weighted by atomic mass is 16.3. The molecule has 4 nitrogen and oxygen atoms in total. The molecule has 2 N–H and O–H groups in total. The van der Waals surface area contributed by atoms with E-state index in [1.54, 1.807) is 24.3 Å². The van der Waals surface area contributed by atoms with Crippen LogP contribution in [-0.4, -0.2) is 23.4 Å². The predicted octanol–water partition coefficient (Wildman–Crippen LogP) is 2.74. The summed E-state index contributed by atoms with van der Waals surface area (Å²) in [7, 11) is 0. The lowest BCUT2D eigenvalue weighted by Crippen LogP contribution is -2.29. The van der Waals surface area contributed by atoms with Crippen molar-refractivity contribution in [2.24, 2.45) is 0 Å². The van der Waals surface area contributed by atoms with Crippen molar-refractivity contribution in [2.45, 2.75) is 19.4 Å². The van der Waals surface area contributed by atoms with Gasteiger partial charge in [-0.15, -0.1) is 0 Å². The molecule has 2 rings (SSSR count). The molecule has 0 saturated carbocycles. The molecule has 0 aliphatic carbocycles. The number of nitrogens with one attached hydrogen (secondary N) is 1. The van der Waals surface area contributed by atoms with Crippen LogP contribution in [0.3, 0.4) is 0 Å². The zero-order chi connectivity index (χ0) is 15.9. The van der Waals surface area contributed by atoms with E-state index >= 15 is 0 Å². The van der Waals surface area contributed by atoms with Crippen molar-refractivity contribution >= 4 is 11.7 Å². The lowest BCUT2D eigenvalue weighted by Gasteiger charge is -2.18. The molecule has 2 aromatic carbocycles. The first kappa shape index (κ1) is 15.9. The third kappa shape index (κ3) is 4.02. The molecule has 22 heavy (non-hydrogen) atoms. The average molecular weight is 297 g/mol. The zero-order valence-corrected chi connectivity index (χ0v) is 12.5. The standard InChI is InChI=1S/C18H19NO3/c1-13(21)14-7-9-16(10-8-14)18(22)19-17(11-12-20)15-5-3-2-4-6-15/h2-10,17,20H,11-12H2,1H3,(H,19,22). The van der Waals surface area contributed by atoms with E-state index in [9.17, 15) is 14.7 Å². The Morgan fingerprint density at radius 1 is 1.00 bits per heavy atom. The smallest absolute Gasteiger partial charge is 0.251 e. The first-order chi connectivity index (χ1) is 10.6. The van der Waals surface area contributed by atoms with Crippen LogP contribution >= 0.6 is 0 Å². The maximum Gasteiger partial charge on any atom is 0.251 e. The molecule has 0 bridgehead atoms. The van der Waals surface area contributed by atoms with Gasteiger partial charge in [0.15, 0.2) is 5.78 Å². The molecule has 1 amide bonds. The molecule has 1 unspecified atom stereocenters. The Bertz CT molecular complexity index is 635. The number of Topliss-reactive ketones (excluding diaryl/α,β-unsaturated/α-hetero) is 1. The third-order valence-electron chi connectivity index (χ3n) is 3.48. The van der Waals surface area contributed by atoms with Crippen LogP contribution in [0.1, 0.15) is 45.7 Å². The molecular weight excluding hydrogens is 278 g/mol. The summed E-state index contributed by atoms with van der Waals surface area (Å²) in [6, 6.07) is 15.8. The highest BCUT2D eigenvalue weighted by Crippen LogP contribution is 2.17. The highest BCUT2D eigenvalue weighted by molar-refractivity contribution is 5.97. The summed E-state index contributed by atoms with van der Waals surface area (Å²) in [5, 5.41) is 12.1. The van der Waals surface area contributed by atoms with Crippen molar-refractivity contribution in [1.82, 2.24) is 5.32 Å². The van der Waals surface area contributed by atoms with Crippen LogP contribution in [0.2, 0.25) is 0 Å². The van der Waals surface area contributed by atoms with Gasteiger partial charge in [0.05, 0.1) is 6.04 Å². The van der Waals surface area contributed by atoms with Gasteiger partial charge in [-0.3, -0.25) is 9.59 Å². The van der Waals surface area contributed by atoms with Gasteiger partial charge in [-0.1, -0.05) is 42.5 Å². The number of rotatable bonds is 6. The number of aliphatic hydroxyl groups is 1. The Morgan fingerprint density at radius 2 is 1.59 bits per heavy atom. The molecule has 0 heterocycles. The molecule has 1 atom stereocenters. The summed E-state index contributed by atoms with van der Waals surface area (Å²) in [6.45, 7) is 1.48. The van der Waals surface area contributed by atoms with Crippen molar-refractivity contribution in [3.8, 4) is 0 Å². The van der Waals surface area contributed by atoms with Crippen LogP contribution in [0.5, 0.6) is 0 Å². The molecule has 4 heteroatoms. The first-order valence-electron chi connectivity index (χ1n) is 7.19. The van der Waals surface area contributed by atoms with Crippen molar-refractivity contribution in [3.05, 3.63) is 71.3 Å². The van der Waals surface area contributed by atoms with Crippen LogP contribution in [0, 0.1) is 0 Å². The first-order valence-corrected chi connectivity index (χ1v) is 7.19. The molecule has 0 saturated heterocycles. The number of amides is 1. The van der Waals surface area contributed by atoms with E-state index in [4.69, 9.17) is 0 Å². The van der Waals surface area contributed by atoms with Crippen molar-refractivity contribution < 1.29 is 14.7 Å². The minimum atomic E-state index is -0.244. The lowest BCUT2D eigenvalue weighted by atomic mass is 10.0. The summed E-state index contributed by atoms with van der Waals surface area (Å²) in [5.74, 6) is -0.258. The maximum atomic E-state index is 12.3. The van der Waals surface area contributed by atoms with Gasteiger partial charge in [0.2, 0.25) is 0 Å². The molecule has 0 aliphatic heterocycles. The van der Waals surface area contributed by atoms with E-state index in [1.165, 1.54) is 6.92 Å². The fraction of sp³-hybridized carbons (Fsp3) is 0.222. The number of carbonyl (C=O) groups is 2. The van der Waals surface area contributed by atoms with Crippen molar-refractivity contribution in [2.75, 3.05) is 6.61 Å². The quantitative estimate of drug-likeness (QED) is 0.806. The Labute approximate surface area is 129 Å². The van der Waals surface area contributed by atoms with Gasteiger partial charge in [0, 0.05) is 17.7 Å². The van der Waals surface area contributed by atoms with Crippen LogP contribution in [0.4, 0.5) is 0 Å². The zero-order valence-electron chi connectivity index (χ0n) is 12.5. The monoisotopic (exact) mass is 297 g/mol. The highest BCUT2D eigenvalue weighted by Gasteiger charge is 2.15. The third-order valence-corrected chi connectivity index (χ3v) is 3.48. The minimum absolute atomic E-state index is 0.0108. The molecule has 0 aromatic heterocycles. The van der Waals surface area contributed by atoms with Gasteiger partial charge in [-0.05, 0) is 31.0 Å². The number of hydrogen-bond donors (Lipinski definition) is 2. The van der Waals surface area contributed by atoms with Gasteiger partial charge >= 0.3 is 0 Å². The topological polar surface area (TPSA) is 66.4 Å². The molecule has 0 aliphatic rings. The Hall–Kier alpha value is -2.46. The summed E-state index contributed by atoms with van der Waals surface area (Å²) in [4.78, 5) is 23.6. The second kappa shape index (κ2) is 7.52. The number of carbonyl (C=O) groups excluding carboxylic acids is 2. The van der Waals surface area contributed by atoms with E-state index in [0.717, 1.165) is 5.56 Å². The largest absolute Gasteiger partial charge is 0.396 e. The second-order valence-electron chi connectivity index (χ2n) is 5.08. The van der Waals surface area contributed by atoms with Crippen LogP contribution in [0.15, 0.2) is 54.6 Å². The fourth-order valence-electron chi connectivity index (χ4n) is 2.23. The summed E-state index contributed by atoms with van der Waals surface area (Å²) < 4.78 is 0. The Kier molecular flexibility index (Phi) is 5.44. The van der Waals surface area contributed by atoms with Gasteiger partial charge in [0.1, 0.15) is 0 Å². The second-order valence-corrected chi connectivity index (χ2v) is 5.08. The summed E-state index contributed by atoms with van der Waals surface area (Å²) >= 11 is 0. The van der Waals surface area contributed by atoms with E-state index in [1.807, 2.05) is 30.3 Å². The molecule has 2 aromatic rings. The summed E-state index contributed by atoms with van der Waals surface area (Å²) in [6.07, 6.45) is 0.446. The minimum Gasteiger partial charge on any atom is -0.396 e. The van der Waals surface area contributed by atoms with Crippen LogP contribution < -0.4 is 5.32 Å². The lowest BCUT2D eigenvalue weighted by molar-refractivity contribution is 0.0928. The van der Waals surface area contributed by atoms with Gasteiger partial charge in [-0.2, -0.15) is 0 Å².